The van der Waals surface area contributed by atoms with Gasteiger partial charge in [0.15, 0.2) is 25.2 Å². The highest BCUT2D eigenvalue weighted by molar-refractivity contribution is 5.68. The van der Waals surface area contributed by atoms with E-state index in [9.17, 15) is 50.8 Å². The summed E-state index contributed by atoms with van der Waals surface area (Å²) in [5.74, 6) is -0.188. The van der Waals surface area contributed by atoms with Gasteiger partial charge in [-0.15, -0.1) is 0 Å². The van der Waals surface area contributed by atoms with Crippen LogP contribution in [0.15, 0.2) is 0 Å². The number of carbonyl (C=O) groups excluding carboxylic acids is 1. The number of methoxy groups -OCH3 is 1. The Morgan fingerprint density at radius 3 is 1.53 bits per heavy atom. The van der Waals surface area contributed by atoms with Crippen LogP contribution in [0.4, 0.5) is 0 Å². The van der Waals surface area contributed by atoms with E-state index in [1.807, 2.05) is 0 Å². The first-order valence-corrected chi connectivity index (χ1v) is 21.5. The van der Waals surface area contributed by atoms with E-state index in [-0.39, 0.29) is 18.7 Å². The van der Waals surface area contributed by atoms with Crippen molar-refractivity contribution in [1.29, 1.82) is 0 Å². The van der Waals surface area contributed by atoms with Crippen molar-refractivity contribution < 1.29 is 93.4 Å². The quantitative estimate of drug-likeness (QED) is 0.0496. The van der Waals surface area contributed by atoms with Gasteiger partial charge in [0.2, 0.25) is 0 Å². The molecule has 0 saturated carbocycles. The molecular weight excluding hydrogens is 784 g/mol. The van der Waals surface area contributed by atoms with Crippen LogP contribution in [0.1, 0.15) is 111 Å². The normalized spacial score (nSPS) is 42.4. The highest BCUT2D eigenvalue weighted by Gasteiger charge is 2.53. The zero-order valence-electron chi connectivity index (χ0n) is 35.1. The van der Waals surface area contributed by atoms with E-state index in [2.05, 4.69) is 11.7 Å². The maximum atomic E-state index is 11.3. The number of aliphatic hydroxyl groups is 9. The van der Waals surface area contributed by atoms with Crippen molar-refractivity contribution >= 4 is 5.97 Å². The summed E-state index contributed by atoms with van der Waals surface area (Å²) in [7, 11) is 1.39. The lowest BCUT2D eigenvalue weighted by molar-refractivity contribution is -0.384. The summed E-state index contributed by atoms with van der Waals surface area (Å²) in [6.45, 7) is 6.36. The molecule has 0 radical (unpaired) electrons. The predicted octanol–water partition coefficient (Wildman–Crippen LogP) is -0.370. The van der Waals surface area contributed by atoms with Gasteiger partial charge in [-0.1, -0.05) is 64.7 Å². The Hall–Kier alpha value is -1.21. The van der Waals surface area contributed by atoms with Crippen LogP contribution >= 0.6 is 0 Å². The van der Waals surface area contributed by atoms with Gasteiger partial charge in [0.25, 0.3) is 0 Å². The zero-order chi connectivity index (χ0) is 43.4. The van der Waals surface area contributed by atoms with Crippen LogP contribution in [-0.4, -0.2) is 188 Å². The molecule has 19 nitrogen and oxygen atoms in total. The van der Waals surface area contributed by atoms with E-state index in [1.165, 1.54) is 27.9 Å². The number of ether oxygens (including phenoxy) is 9. The molecule has 4 rings (SSSR count). The molecule has 0 aromatic heterocycles. The predicted molar refractivity (Wildman–Crippen MR) is 204 cm³/mol. The van der Waals surface area contributed by atoms with E-state index < -0.39 is 117 Å². The Kier molecular flexibility index (Phi) is 21.0. The van der Waals surface area contributed by atoms with Gasteiger partial charge in [-0.3, -0.25) is 4.79 Å². The average Bonchev–Trinajstić information content (AvgIpc) is 3.21. The highest BCUT2D eigenvalue weighted by atomic mass is 16.8. The number of rotatable bonds is 22. The molecule has 4 saturated heterocycles. The summed E-state index contributed by atoms with van der Waals surface area (Å²) in [6, 6.07) is 0. The largest absolute Gasteiger partial charge is 0.469 e. The van der Waals surface area contributed by atoms with Crippen molar-refractivity contribution in [3.8, 4) is 0 Å². The third-order valence-corrected chi connectivity index (χ3v) is 11.8. The summed E-state index contributed by atoms with van der Waals surface area (Å²) in [5.41, 5.74) is 0. The molecule has 0 amide bonds. The van der Waals surface area contributed by atoms with E-state index in [4.69, 9.17) is 37.9 Å². The Bertz CT molecular complexity index is 1200. The van der Waals surface area contributed by atoms with E-state index in [0.717, 1.165) is 77.0 Å². The molecule has 4 aliphatic heterocycles. The van der Waals surface area contributed by atoms with Crippen LogP contribution in [0.3, 0.4) is 0 Å². The number of carbonyl (C=O) groups is 1. The maximum Gasteiger partial charge on any atom is 0.305 e. The number of unbranched alkanes of at least 4 members (excludes halogenated alkanes) is 8. The molecule has 346 valence electrons. The number of esters is 1. The topological polar surface area (TPSA) is 282 Å². The van der Waals surface area contributed by atoms with Gasteiger partial charge >= 0.3 is 5.97 Å². The lowest BCUT2D eigenvalue weighted by Gasteiger charge is -2.48. The van der Waals surface area contributed by atoms with Crippen LogP contribution in [0.25, 0.3) is 0 Å². The maximum absolute atomic E-state index is 11.3. The number of aliphatic hydroxyl groups excluding tert-OH is 9. The fourth-order valence-electron chi connectivity index (χ4n) is 7.95. The Labute approximate surface area is 346 Å². The molecule has 0 aliphatic carbocycles. The summed E-state index contributed by atoms with van der Waals surface area (Å²) in [5, 5.41) is 96.6. The molecule has 0 bridgehead atoms. The fourth-order valence-corrected chi connectivity index (χ4v) is 7.95. The highest BCUT2D eigenvalue weighted by Crippen LogP contribution is 2.34. The summed E-state index contributed by atoms with van der Waals surface area (Å²) < 4.78 is 51.8. The van der Waals surface area contributed by atoms with Gasteiger partial charge in [-0.2, -0.15) is 0 Å². The summed E-state index contributed by atoms with van der Waals surface area (Å²) in [4.78, 5) is 11.3. The van der Waals surface area contributed by atoms with Crippen LogP contribution in [-0.2, 0) is 47.4 Å². The van der Waals surface area contributed by atoms with Gasteiger partial charge in [0.1, 0.15) is 73.2 Å². The van der Waals surface area contributed by atoms with Gasteiger partial charge in [0.05, 0.1) is 38.1 Å². The first-order valence-electron chi connectivity index (χ1n) is 21.5. The van der Waals surface area contributed by atoms with Crippen molar-refractivity contribution in [3.05, 3.63) is 0 Å². The minimum absolute atomic E-state index is 0.188. The van der Waals surface area contributed by atoms with Crippen molar-refractivity contribution in [3.63, 3.8) is 0 Å². The molecule has 19 heteroatoms. The Morgan fingerprint density at radius 2 is 1.00 bits per heavy atom. The van der Waals surface area contributed by atoms with Crippen LogP contribution < -0.4 is 0 Å². The number of hydrogen-bond acceptors (Lipinski definition) is 19. The molecule has 0 aromatic rings. The van der Waals surface area contributed by atoms with Gasteiger partial charge in [-0.25, -0.2) is 0 Å². The third kappa shape index (κ3) is 13.9. The van der Waals surface area contributed by atoms with Crippen LogP contribution in [0.5, 0.6) is 0 Å². The second kappa shape index (κ2) is 24.6. The molecule has 0 unspecified atom stereocenters. The molecule has 0 spiro atoms. The lowest BCUT2D eigenvalue weighted by Crippen LogP contribution is -2.65. The van der Waals surface area contributed by atoms with Crippen molar-refractivity contribution in [2.24, 2.45) is 0 Å². The van der Waals surface area contributed by atoms with Crippen molar-refractivity contribution in [2.45, 2.75) is 234 Å². The van der Waals surface area contributed by atoms with E-state index >= 15 is 0 Å². The van der Waals surface area contributed by atoms with Crippen molar-refractivity contribution in [1.82, 2.24) is 0 Å². The Balaban J connectivity index is 1.32. The molecule has 4 aliphatic rings. The second-order valence-corrected chi connectivity index (χ2v) is 16.5. The molecule has 9 N–H and O–H groups in total. The van der Waals surface area contributed by atoms with Gasteiger partial charge in [0, 0.05) is 6.42 Å². The minimum atomic E-state index is -1.77. The first kappa shape index (κ1) is 50.4. The Morgan fingerprint density at radius 1 is 0.542 bits per heavy atom. The summed E-state index contributed by atoms with van der Waals surface area (Å²) >= 11 is 0. The minimum Gasteiger partial charge on any atom is -0.469 e. The van der Waals surface area contributed by atoms with Gasteiger partial charge in [-0.05, 0) is 40.0 Å². The smallest absolute Gasteiger partial charge is 0.305 e. The standard InChI is InChI=1S/C40H72O19/c1-6-7-13-16-23(17-14-11-9-8-10-12-15-18-25(42)51-5)56-40-36(27(44)24(41)19-52-40)59-39-33(50)30(47)35(22(4)55-39)58-38-32(49)29(46)34(21(3)54-38)57-37-31(48)28(45)26(43)20(2)53-37/h20-24,26-41,43-50H,6-19H2,1-5H3/t20-,21-,22-,23-,24+,26-,27-,28+,29-,30-,31+,32+,33+,34-,35-,36+,37-,38-,39-,40-/m0/s1. The molecular formula is C40H72O19. The average molecular weight is 857 g/mol. The van der Waals surface area contributed by atoms with Crippen LogP contribution in [0, 0.1) is 0 Å². The van der Waals surface area contributed by atoms with Crippen LogP contribution in [0.2, 0.25) is 0 Å². The number of hydrogen-bond donors (Lipinski definition) is 9. The molecule has 20 atom stereocenters. The van der Waals surface area contributed by atoms with E-state index in [1.54, 1.807) is 0 Å². The van der Waals surface area contributed by atoms with E-state index in [0.29, 0.717) is 6.42 Å². The zero-order valence-corrected chi connectivity index (χ0v) is 35.1. The van der Waals surface area contributed by atoms with Gasteiger partial charge < -0.3 is 88.6 Å². The first-order chi connectivity index (χ1) is 28.1. The SMILES string of the molecule is CCCCC[C@@H](CCCCCCCCCC(=O)OC)O[C@@H]1OC[C@@H](O)[C@H](O)[C@H]1O[C@@H]1O[C@@H](C)[C@H](O[C@@H]2O[C@@H](C)[C@H](O[C@@H]3O[C@@H](C)[C@H](O)[C@@H](O)[C@H]3O)[C@@H](O)[C@H]2O)[C@@H](O)[C@H]1O. The molecule has 59 heavy (non-hydrogen) atoms. The second-order valence-electron chi connectivity index (χ2n) is 16.5. The third-order valence-electron chi connectivity index (χ3n) is 11.8. The summed E-state index contributed by atoms with van der Waals surface area (Å²) in [6.07, 6.45) is -15.5. The fraction of sp³-hybridized carbons (Fsp3) is 0.975. The molecule has 4 fully saturated rings. The lowest BCUT2D eigenvalue weighted by atomic mass is 9.96. The molecule has 4 heterocycles. The molecule has 0 aromatic carbocycles. The van der Waals surface area contributed by atoms with Crippen molar-refractivity contribution in [2.75, 3.05) is 13.7 Å². The monoisotopic (exact) mass is 856 g/mol.